The molecule has 0 radical (unpaired) electrons. The summed E-state index contributed by atoms with van der Waals surface area (Å²) in [5, 5.41) is 11.0. The van der Waals surface area contributed by atoms with Gasteiger partial charge in [0.15, 0.2) is 0 Å². The van der Waals surface area contributed by atoms with E-state index in [1.807, 2.05) is 12.1 Å². The Morgan fingerprint density at radius 1 is 1.62 bits per heavy atom. The lowest BCUT2D eigenvalue weighted by Crippen LogP contribution is -2.46. The molecule has 1 N–H and O–H groups in total. The first-order chi connectivity index (χ1) is 6.34. The summed E-state index contributed by atoms with van der Waals surface area (Å²) in [5.41, 5.74) is 0. The molecule has 2 rings (SSSR count). The zero-order valence-corrected chi connectivity index (χ0v) is 7.77. The number of anilines is 1. The second-order valence-electron chi connectivity index (χ2n) is 3.58. The maximum Gasteiger partial charge on any atom is 0.148 e. The molecule has 1 saturated heterocycles. The van der Waals surface area contributed by atoms with Crippen LogP contribution in [-0.2, 0) is 0 Å². The predicted molar refractivity (Wildman–Crippen MR) is 51.5 cm³/mol. The molecule has 0 aromatic carbocycles. The van der Waals surface area contributed by atoms with Crippen molar-refractivity contribution in [3.63, 3.8) is 0 Å². The van der Waals surface area contributed by atoms with E-state index in [9.17, 15) is 0 Å². The van der Waals surface area contributed by atoms with Gasteiger partial charge in [0.25, 0.3) is 0 Å². The highest BCUT2D eigenvalue weighted by atomic mass is 15.2. The first-order valence-electron chi connectivity index (χ1n) is 4.55. The van der Waals surface area contributed by atoms with Crippen molar-refractivity contribution in [3.05, 3.63) is 18.3 Å². The summed E-state index contributed by atoms with van der Waals surface area (Å²) in [4.78, 5) is 2.31. The van der Waals surface area contributed by atoms with E-state index < -0.39 is 0 Å². The van der Waals surface area contributed by atoms with E-state index in [1.165, 1.54) is 13.1 Å². The van der Waals surface area contributed by atoms with Gasteiger partial charge in [-0.15, -0.1) is 5.10 Å². The number of hydrogen-bond donors (Lipinski definition) is 1. The fraction of sp³-hybridized carbons (Fsp3) is 0.556. The van der Waals surface area contributed by atoms with Crippen LogP contribution in [0.2, 0.25) is 0 Å². The molecule has 1 aliphatic rings. The third-order valence-corrected chi connectivity index (χ3v) is 2.28. The van der Waals surface area contributed by atoms with Crippen molar-refractivity contribution in [2.75, 3.05) is 32.0 Å². The highest BCUT2D eigenvalue weighted by Crippen LogP contribution is 2.12. The number of nitrogens with one attached hydrogen (secondary N) is 1. The van der Waals surface area contributed by atoms with Crippen LogP contribution in [0, 0.1) is 5.92 Å². The van der Waals surface area contributed by atoms with E-state index in [-0.39, 0.29) is 0 Å². The molecule has 0 bridgehead atoms. The van der Waals surface area contributed by atoms with E-state index >= 15 is 0 Å². The minimum atomic E-state index is 0.770. The Morgan fingerprint density at radius 2 is 2.46 bits per heavy atom. The van der Waals surface area contributed by atoms with Gasteiger partial charge in [-0.3, -0.25) is 0 Å². The minimum Gasteiger partial charge on any atom is -0.368 e. The van der Waals surface area contributed by atoms with Crippen LogP contribution in [0.3, 0.4) is 0 Å². The van der Waals surface area contributed by atoms with E-state index in [0.29, 0.717) is 0 Å². The van der Waals surface area contributed by atoms with Crippen LogP contribution in [0.15, 0.2) is 18.3 Å². The van der Waals surface area contributed by atoms with Crippen LogP contribution in [-0.4, -0.2) is 41.8 Å². The van der Waals surface area contributed by atoms with Crippen LogP contribution in [0.1, 0.15) is 0 Å². The van der Waals surface area contributed by atoms with Crippen molar-refractivity contribution in [3.8, 4) is 0 Å². The van der Waals surface area contributed by atoms with E-state index in [0.717, 1.165) is 18.3 Å². The molecule has 0 unspecified atom stereocenters. The zero-order chi connectivity index (χ0) is 9.10. The summed E-state index contributed by atoms with van der Waals surface area (Å²) < 4.78 is 0. The summed E-state index contributed by atoms with van der Waals surface area (Å²) in [7, 11) is 2.14. The van der Waals surface area contributed by atoms with Crippen LogP contribution in [0.25, 0.3) is 0 Å². The quantitative estimate of drug-likeness (QED) is 0.729. The Morgan fingerprint density at radius 3 is 3.08 bits per heavy atom. The lowest BCUT2D eigenvalue weighted by Gasteiger charge is -2.36. The maximum atomic E-state index is 3.95. The van der Waals surface area contributed by atoms with Gasteiger partial charge in [0.2, 0.25) is 0 Å². The van der Waals surface area contributed by atoms with Crippen LogP contribution < -0.4 is 5.32 Å². The third-order valence-electron chi connectivity index (χ3n) is 2.28. The van der Waals surface area contributed by atoms with Crippen LogP contribution in [0.4, 0.5) is 5.82 Å². The number of aromatic nitrogens is 2. The average Bonchev–Trinajstić information content (AvgIpc) is 2.12. The molecule has 70 valence electrons. The van der Waals surface area contributed by atoms with E-state index in [1.54, 1.807) is 6.20 Å². The van der Waals surface area contributed by atoms with Crippen molar-refractivity contribution >= 4 is 5.82 Å². The standard InChI is InChI=1S/C9H14N4/c1-13-6-8(7-13)5-10-9-3-2-4-11-12-9/h2-4,8H,5-7H2,1H3,(H,10,12). The van der Waals surface area contributed by atoms with Gasteiger partial charge in [0, 0.05) is 31.7 Å². The van der Waals surface area contributed by atoms with E-state index in [2.05, 4.69) is 27.5 Å². The van der Waals surface area contributed by atoms with Crippen LogP contribution >= 0.6 is 0 Å². The fourth-order valence-electron chi connectivity index (χ4n) is 1.60. The zero-order valence-electron chi connectivity index (χ0n) is 7.77. The van der Waals surface area contributed by atoms with Crippen molar-refractivity contribution in [1.82, 2.24) is 15.1 Å². The smallest absolute Gasteiger partial charge is 0.148 e. The normalized spacial score (nSPS) is 18.2. The fourth-order valence-corrected chi connectivity index (χ4v) is 1.60. The van der Waals surface area contributed by atoms with Gasteiger partial charge in [-0.25, -0.2) is 0 Å². The third kappa shape index (κ3) is 2.15. The Balaban J connectivity index is 1.74. The number of likely N-dealkylation sites (tertiary alicyclic amines) is 1. The Bertz CT molecular complexity index is 256. The molecule has 0 saturated carbocycles. The molecule has 1 fully saturated rings. The van der Waals surface area contributed by atoms with Gasteiger partial charge in [-0.1, -0.05) is 0 Å². The first-order valence-corrected chi connectivity index (χ1v) is 4.55. The number of rotatable bonds is 3. The minimum absolute atomic E-state index is 0.770. The average molecular weight is 178 g/mol. The molecular weight excluding hydrogens is 164 g/mol. The highest BCUT2D eigenvalue weighted by Gasteiger charge is 2.22. The molecule has 0 amide bonds. The Labute approximate surface area is 78.0 Å². The first kappa shape index (κ1) is 8.44. The molecule has 0 spiro atoms. The van der Waals surface area contributed by atoms with Crippen LogP contribution in [0.5, 0.6) is 0 Å². The van der Waals surface area contributed by atoms with E-state index in [4.69, 9.17) is 0 Å². The highest BCUT2D eigenvalue weighted by molar-refractivity contribution is 5.31. The molecule has 2 heterocycles. The Hall–Kier alpha value is -1.16. The largest absolute Gasteiger partial charge is 0.368 e. The van der Waals surface area contributed by atoms with Gasteiger partial charge >= 0.3 is 0 Å². The second-order valence-corrected chi connectivity index (χ2v) is 3.58. The molecule has 1 aromatic rings. The summed E-state index contributed by atoms with van der Waals surface area (Å²) in [6.07, 6.45) is 1.68. The summed E-state index contributed by atoms with van der Waals surface area (Å²) >= 11 is 0. The summed E-state index contributed by atoms with van der Waals surface area (Å²) in [6.45, 7) is 3.38. The molecule has 4 heteroatoms. The molecule has 4 nitrogen and oxygen atoms in total. The topological polar surface area (TPSA) is 41.0 Å². The molecule has 1 aromatic heterocycles. The molecule has 0 aliphatic carbocycles. The van der Waals surface area contributed by atoms with Gasteiger partial charge in [0.1, 0.15) is 5.82 Å². The second kappa shape index (κ2) is 3.70. The predicted octanol–water partition coefficient (Wildman–Crippen LogP) is 0.450. The van der Waals surface area contributed by atoms with Gasteiger partial charge in [-0.2, -0.15) is 5.10 Å². The lowest BCUT2D eigenvalue weighted by molar-refractivity contribution is 0.144. The number of nitrogens with zero attached hydrogens (tertiary/aromatic N) is 3. The molecule has 13 heavy (non-hydrogen) atoms. The number of hydrogen-bond acceptors (Lipinski definition) is 4. The maximum absolute atomic E-state index is 3.95. The summed E-state index contributed by atoms with van der Waals surface area (Å²) in [5.74, 6) is 1.64. The van der Waals surface area contributed by atoms with Crippen molar-refractivity contribution in [2.45, 2.75) is 0 Å². The molecule has 1 aliphatic heterocycles. The van der Waals surface area contributed by atoms with Gasteiger partial charge in [-0.05, 0) is 19.2 Å². The Kier molecular flexibility index (Phi) is 2.40. The van der Waals surface area contributed by atoms with Crippen molar-refractivity contribution in [2.24, 2.45) is 5.92 Å². The molecule has 0 atom stereocenters. The monoisotopic (exact) mass is 178 g/mol. The molecular formula is C9H14N4. The van der Waals surface area contributed by atoms with Crippen molar-refractivity contribution in [1.29, 1.82) is 0 Å². The lowest BCUT2D eigenvalue weighted by atomic mass is 10.0. The summed E-state index contributed by atoms with van der Waals surface area (Å²) in [6, 6.07) is 3.83. The van der Waals surface area contributed by atoms with Gasteiger partial charge in [0.05, 0.1) is 0 Å². The SMILES string of the molecule is CN1CC(CNc2cccnn2)C1. The van der Waals surface area contributed by atoms with Crippen molar-refractivity contribution < 1.29 is 0 Å². The van der Waals surface area contributed by atoms with Gasteiger partial charge < -0.3 is 10.2 Å².